The Morgan fingerprint density at radius 2 is 0.975 bits per heavy atom. The molecule has 5 N–H and O–H groups in total. The number of benzene rings is 5. The zero-order chi connectivity index (χ0) is 57.3. The predicted octanol–water partition coefficient (Wildman–Crippen LogP) is 4.62. The molecule has 0 aliphatic heterocycles. The molecular weight excluding hydrogens is 1090 g/mol. The van der Waals surface area contributed by atoms with Crippen LogP contribution in [-0.2, 0) is 51.8 Å². The molecule has 0 saturated heterocycles. The third kappa shape index (κ3) is 16.1. The maximum absolute atomic E-state index is 13.9. The second-order valence-corrected chi connectivity index (χ2v) is 20.6. The minimum absolute atomic E-state index is 0.192. The van der Waals surface area contributed by atoms with Crippen molar-refractivity contribution >= 4 is 79.1 Å². The molecule has 0 radical (unpaired) electrons. The minimum Gasteiger partial charge on any atom is -0.480 e. The van der Waals surface area contributed by atoms with Crippen LogP contribution >= 0.6 is 11.3 Å². The molecular formula is C55H51N11O13S2. The summed E-state index contributed by atoms with van der Waals surface area (Å²) in [4.78, 5) is 119. The van der Waals surface area contributed by atoms with E-state index in [0.29, 0.717) is 32.5 Å². The Balaban J connectivity index is 0.888. The lowest BCUT2D eigenvalue weighted by Gasteiger charge is -2.24. The van der Waals surface area contributed by atoms with E-state index in [0.717, 1.165) is 30.3 Å². The molecule has 24 nitrogen and oxygen atoms in total. The Morgan fingerprint density at radius 3 is 1.41 bits per heavy atom. The number of carboxylic acids is 1. The number of hydrogen-bond donors (Lipinski definition) is 5. The fourth-order valence-electron chi connectivity index (χ4n) is 8.03. The van der Waals surface area contributed by atoms with Crippen molar-refractivity contribution in [2.75, 3.05) is 49.9 Å². The van der Waals surface area contributed by atoms with Crippen molar-refractivity contribution in [3.8, 4) is 0 Å². The lowest BCUT2D eigenvalue weighted by atomic mass is 10.0. The van der Waals surface area contributed by atoms with E-state index in [9.17, 15) is 51.9 Å². The summed E-state index contributed by atoms with van der Waals surface area (Å²) in [5.74, 6) is -4.33. The highest BCUT2D eigenvalue weighted by Crippen LogP contribution is 2.28. The molecule has 8 rings (SSSR count). The Kier molecular flexibility index (Phi) is 19.2. The minimum atomic E-state index is -4.21. The summed E-state index contributed by atoms with van der Waals surface area (Å²) in [6, 6.07) is 45.1. The van der Waals surface area contributed by atoms with Gasteiger partial charge < -0.3 is 29.7 Å². The molecule has 8 aromatic rings. The highest BCUT2D eigenvalue weighted by Gasteiger charge is 2.26. The lowest BCUT2D eigenvalue weighted by molar-refractivity contribution is -0.144. The number of aliphatic carboxylic acids is 1. The van der Waals surface area contributed by atoms with Crippen LogP contribution < -0.4 is 32.1 Å². The molecule has 0 fully saturated rings. The molecule has 0 unspecified atom stereocenters. The zero-order valence-corrected chi connectivity index (χ0v) is 44.4. The van der Waals surface area contributed by atoms with Crippen molar-refractivity contribution in [2.45, 2.75) is 29.6 Å². The van der Waals surface area contributed by atoms with Crippen LogP contribution in [0.5, 0.6) is 0 Å². The first-order valence-electron chi connectivity index (χ1n) is 24.8. The van der Waals surface area contributed by atoms with E-state index in [-0.39, 0.29) is 22.5 Å². The van der Waals surface area contributed by atoms with Gasteiger partial charge in [-0.05, 0) is 46.5 Å². The number of aromatic nitrogens is 5. The average molecular weight is 1140 g/mol. The van der Waals surface area contributed by atoms with Crippen molar-refractivity contribution in [1.29, 1.82) is 0 Å². The van der Waals surface area contributed by atoms with Crippen molar-refractivity contribution in [3.05, 3.63) is 213 Å². The van der Waals surface area contributed by atoms with E-state index in [4.69, 9.17) is 9.47 Å². The van der Waals surface area contributed by atoms with Gasteiger partial charge in [0.05, 0.1) is 16.8 Å². The monoisotopic (exact) mass is 1140 g/mol. The summed E-state index contributed by atoms with van der Waals surface area (Å²) in [7, 11) is -4.21. The van der Waals surface area contributed by atoms with Crippen molar-refractivity contribution in [2.24, 2.45) is 0 Å². The average Bonchev–Trinajstić information content (AvgIpc) is 3.93. The number of thiazole rings is 1. The molecule has 0 atom stereocenters. The number of hydrogen-bond acceptors (Lipinski definition) is 16. The number of sulfonamides is 1. The van der Waals surface area contributed by atoms with Crippen molar-refractivity contribution in [3.63, 3.8) is 0 Å². The molecule has 0 saturated carbocycles. The van der Waals surface area contributed by atoms with Gasteiger partial charge in [-0.2, -0.15) is 9.97 Å². The quantitative estimate of drug-likeness (QED) is 0.0551. The maximum atomic E-state index is 13.9. The summed E-state index contributed by atoms with van der Waals surface area (Å²) in [6.07, 6.45) is -1.12. The van der Waals surface area contributed by atoms with E-state index in [1.807, 2.05) is 24.3 Å². The van der Waals surface area contributed by atoms with Gasteiger partial charge in [-0.3, -0.25) is 38.9 Å². The highest BCUT2D eigenvalue weighted by atomic mass is 32.2. The van der Waals surface area contributed by atoms with E-state index in [2.05, 4.69) is 35.6 Å². The number of nitrogens with one attached hydrogen (secondary N) is 4. The largest absolute Gasteiger partial charge is 0.480 e. The fraction of sp³-hybridized carbons (Fsp3) is 0.182. The van der Waals surface area contributed by atoms with Crippen molar-refractivity contribution < 1.29 is 51.8 Å². The molecule has 81 heavy (non-hydrogen) atoms. The smallest absolute Gasteiger partial charge is 0.413 e. The number of amides is 5. The Morgan fingerprint density at radius 1 is 0.556 bits per heavy atom. The summed E-state index contributed by atoms with van der Waals surface area (Å²) < 4.78 is 42.6. The van der Waals surface area contributed by atoms with E-state index in [1.54, 1.807) is 121 Å². The van der Waals surface area contributed by atoms with Crippen LogP contribution in [-0.4, -0.2) is 123 Å². The Hall–Kier alpha value is -9.92. The van der Waals surface area contributed by atoms with Crippen LogP contribution in [0.4, 0.5) is 21.2 Å². The fourth-order valence-corrected chi connectivity index (χ4v) is 10.3. The summed E-state index contributed by atoms with van der Waals surface area (Å²) in [5, 5.41) is 17.0. The van der Waals surface area contributed by atoms with Crippen LogP contribution in [0, 0.1) is 0 Å². The van der Waals surface area contributed by atoms with Gasteiger partial charge in [0.25, 0.3) is 10.0 Å². The third-order valence-electron chi connectivity index (χ3n) is 11.9. The van der Waals surface area contributed by atoms with Crippen LogP contribution in [0.25, 0.3) is 10.2 Å². The van der Waals surface area contributed by atoms with Gasteiger partial charge in [-0.1, -0.05) is 133 Å². The molecule has 5 amide bonds. The number of ether oxygens (including phenoxy) is 2. The number of para-hydroxylation sites is 1. The number of nitrogens with zero attached hydrogens (tertiary/aromatic N) is 7. The standard InChI is InChI=1S/C55H51N11O13S2/c67-45(56-27-31-64(36-48(70)71)47(69)35-66-30-26-44(60-52(66)73)62-54(75)79-50(39-19-9-3-10-20-39)40-21-11-4-12-22-40)33-63(32-28-57-81(76,77)55-58-41-23-13-14-24-42(41)80-55)46(68)34-65-29-25-43(59-51(65)72)61-53(74)78-49(37-15-5-1-6-16-37)38-17-7-2-8-18-38/h1-26,29-30,49-50,57H,27-28,31-36H2,(H,56,67)(H,70,71)(H,59,61,72,74)(H,60,62,73,75). The van der Waals surface area contributed by atoms with Gasteiger partial charge >= 0.3 is 29.5 Å². The summed E-state index contributed by atoms with van der Waals surface area (Å²) in [5.41, 5.74) is 1.23. The molecule has 0 bridgehead atoms. The zero-order valence-electron chi connectivity index (χ0n) is 42.8. The number of carbonyl (C=O) groups excluding carboxylic acids is 5. The molecule has 26 heteroatoms. The molecule has 3 heterocycles. The second kappa shape index (κ2) is 27.1. The molecule has 0 aliphatic rings. The van der Waals surface area contributed by atoms with Gasteiger partial charge in [-0.15, -0.1) is 11.3 Å². The van der Waals surface area contributed by atoms with E-state index in [1.165, 1.54) is 24.5 Å². The lowest BCUT2D eigenvalue weighted by Crippen LogP contribution is -2.48. The molecule has 3 aromatic heterocycles. The highest BCUT2D eigenvalue weighted by molar-refractivity contribution is 7.91. The molecule has 416 valence electrons. The van der Waals surface area contributed by atoms with E-state index < -0.39 is 115 Å². The summed E-state index contributed by atoms with van der Waals surface area (Å²) in [6.45, 7) is -4.50. The molecule has 0 aliphatic carbocycles. The van der Waals surface area contributed by atoms with Crippen LogP contribution in [0.2, 0.25) is 0 Å². The Bertz CT molecular complexity index is 3650. The first-order valence-corrected chi connectivity index (χ1v) is 27.1. The SMILES string of the molecule is O=C(O)CN(CCNC(=O)CN(CCNS(=O)(=O)c1nc2ccccc2s1)C(=O)Cn1ccc(NC(=O)OC(c2ccccc2)c2ccccc2)nc1=O)C(=O)Cn1ccc(NC(=O)OC(c2ccccc2)c2ccccc2)nc1=O. The van der Waals surface area contributed by atoms with Gasteiger partial charge in [0, 0.05) is 38.6 Å². The predicted molar refractivity (Wildman–Crippen MR) is 295 cm³/mol. The third-order valence-corrected chi connectivity index (χ3v) is 14.8. The number of carbonyl (C=O) groups is 6. The number of fused-ring (bicyclic) bond motifs is 1. The maximum Gasteiger partial charge on any atom is 0.413 e. The first kappa shape index (κ1) is 57.3. The number of carboxylic acid groups (broad SMARTS) is 1. The van der Waals surface area contributed by atoms with Crippen LogP contribution in [0.15, 0.2) is 184 Å². The van der Waals surface area contributed by atoms with Gasteiger partial charge in [-0.25, -0.2) is 37.3 Å². The van der Waals surface area contributed by atoms with Crippen molar-refractivity contribution in [1.82, 2.24) is 43.9 Å². The van der Waals surface area contributed by atoms with Gasteiger partial charge in [0.1, 0.15) is 31.3 Å². The normalized spacial score (nSPS) is 11.2. The second-order valence-electron chi connectivity index (χ2n) is 17.6. The van der Waals surface area contributed by atoms with Gasteiger partial charge in [0.15, 0.2) is 12.2 Å². The number of rotatable bonds is 24. The van der Waals surface area contributed by atoms with Crippen LogP contribution in [0.1, 0.15) is 34.5 Å². The van der Waals surface area contributed by atoms with Gasteiger partial charge in [0.2, 0.25) is 22.1 Å². The molecule has 0 spiro atoms. The topological polar surface area (TPSA) is 313 Å². The van der Waals surface area contributed by atoms with E-state index >= 15 is 0 Å². The Labute approximate surface area is 465 Å². The van der Waals surface area contributed by atoms with Crippen LogP contribution in [0.3, 0.4) is 0 Å². The summed E-state index contributed by atoms with van der Waals surface area (Å²) >= 11 is 0.921. The first-order chi connectivity index (χ1) is 39.1. The number of anilines is 2. The molecule has 5 aromatic carbocycles.